The van der Waals surface area contributed by atoms with Crippen LogP contribution in [-0.2, 0) is 6.54 Å². The summed E-state index contributed by atoms with van der Waals surface area (Å²) in [6.07, 6.45) is 2.23. The van der Waals surface area contributed by atoms with Crippen molar-refractivity contribution < 1.29 is 0 Å². The van der Waals surface area contributed by atoms with E-state index in [1.165, 1.54) is 23.1 Å². The van der Waals surface area contributed by atoms with Gasteiger partial charge in [0.25, 0.3) is 0 Å². The van der Waals surface area contributed by atoms with Crippen LogP contribution in [0, 0.1) is 0 Å². The Bertz CT molecular complexity index is 684. The molecule has 1 aliphatic heterocycles. The van der Waals surface area contributed by atoms with Crippen LogP contribution < -0.4 is 11.1 Å². The molecule has 4 atom stereocenters. The number of rotatable bonds is 4. The quantitative estimate of drug-likeness (QED) is 0.907. The summed E-state index contributed by atoms with van der Waals surface area (Å²) < 4.78 is 0. The fraction of sp³-hybridized carbons (Fsp3) is 0.429. The molecular formula is C21H27N3. The summed E-state index contributed by atoms with van der Waals surface area (Å²) in [6.45, 7) is 4.56. The van der Waals surface area contributed by atoms with Gasteiger partial charge in [-0.2, -0.15) is 0 Å². The van der Waals surface area contributed by atoms with Crippen LogP contribution in [0.25, 0.3) is 0 Å². The highest BCUT2D eigenvalue weighted by Crippen LogP contribution is 2.38. The van der Waals surface area contributed by atoms with Gasteiger partial charge in [-0.1, -0.05) is 54.6 Å². The fourth-order valence-electron chi connectivity index (χ4n) is 4.36. The molecule has 2 aromatic carbocycles. The molecule has 3 heteroatoms. The largest absolute Gasteiger partial charge is 0.324 e. The van der Waals surface area contributed by atoms with E-state index in [4.69, 9.17) is 5.73 Å². The average Bonchev–Trinajstić information content (AvgIpc) is 3.11. The molecule has 4 rings (SSSR count). The zero-order valence-corrected chi connectivity index (χ0v) is 14.4. The number of fused-ring (bicyclic) bond motifs is 1. The predicted octanol–water partition coefficient (Wildman–Crippen LogP) is 3.38. The zero-order chi connectivity index (χ0) is 16.5. The van der Waals surface area contributed by atoms with Crippen molar-refractivity contribution in [3.8, 4) is 0 Å². The van der Waals surface area contributed by atoms with Crippen molar-refractivity contribution in [2.45, 2.75) is 50.5 Å². The first-order valence-corrected chi connectivity index (χ1v) is 9.11. The van der Waals surface area contributed by atoms with E-state index in [1.54, 1.807) is 0 Å². The van der Waals surface area contributed by atoms with E-state index in [2.05, 4.69) is 71.7 Å². The number of nitrogens with zero attached hydrogens (tertiary/aromatic N) is 1. The van der Waals surface area contributed by atoms with Gasteiger partial charge in [0.2, 0.25) is 0 Å². The summed E-state index contributed by atoms with van der Waals surface area (Å²) in [5.74, 6) is 0. The maximum Gasteiger partial charge on any atom is 0.0344 e. The molecule has 1 saturated heterocycles. The Labute approximate surface area is 144 Å². The topological polar surface area (TPSA) is 41.3 Å². The van der Waals surface area contributed by atoms with E-state index < -0.39 is 0 Å². The van der Waals surface area contributed by atoms with Crippen LogP contribution in [0.2, 0.25) is 0 Å². The Morgan fingerprint density at radius 2 is 1.75 bits per heavy atom. The van der Waals surface area contributed by atoms with Crippen molar-refractivity contribution >= 4 is 0 Å². The highest BCUT2D eigenvalue weighted by molar-refractivity contribution is 5.37. The predicted molar refractivity (Wildman–Crippen MR) is 98.6 cm³/mol. The fourth-order valence-corrected chi connectivity index (χ4v) is 4.36. The van der Waals surface area contributed by atoms with Gasteiger partial charge >= 0.3 is 0 Å². The van der Waals surface area contributed by atoms with E-state index in [0.717, 1.165) is 19.5 Å². The third-order valence-corrected chi connectivity index (χ3v) is 5.79. The number of hydrogen-bond acceptors (Lipinski definition) is 3. The molecule has 2 aliphatic rings. The Morgan fingerprint density at radius 1 is 1.04 bits per heavy atom. The second-order valence-electron chi connectivity index (χ2n) is 7.28. The molecule has 1 fully saturated rings. The minimum atomic E-state index is 0.177. The van der Waals surface area contributed by atoms with Gasteiger partial charge < -0.3 is 11.1 Å². The standard InChI is InChI=1S/C21H27N3/c1-15-20(11-12-24(15)14-16-7-3-2-4-8-16)23-21-13-19(22)17-9-5-6-10-18(17)21/h2-10,15,19-21,23H,11-14,22H2,1H3. The number of hydrogen-bond donors (Lipinski definition) is 2. The number of benzene rings is 2. The Hall–Kier alpha value is -1.68. The lowest BCUT2D eigenvalue weighted by atomic mass is 10.0. The lowest BCUT2D eigenvalue weighted by Crippen LogP contribution is -2.41. The van der Waals surface area contributed by atoms with E-state index in [-0.39, 0.29) is 6.04 Å². The second kappa shape index (κ2) is 6.67. The molecule has 0 spiro atoms. The van der Waals surface area contributed by atoms with Gasteiger partial charge in [0.05, 0.1) is 0 Å². The first-order chi connectivity index (χ1) is 11.7. The van der Waals surface area contributed by atoms with Gasteiger partial charge in [-0.15, -0.1) is 0 Å². The van der Waals surface area contributed by atoms with Crippen LogP contribution in [0.3, 0.4) is 0 Å². The molecule has 0 saturated carbocycles. The summed E-state index contributed by atoms with van der Waals surface area (Å²) in [5, 5.41) is 3.91. The van der Waals surface area contributed by atoms with Crippen LogP contribution in [0.1, 0.15) is 48.5 Å². The monoisotopic (exact) mass is 321 g/mol. The van der Waals surface area contributed by atoms with Crippen LogP contribution in [0.5, 0.6) is 0 Å². The molecule has 24 heavy (non-hydrogen) atoms. The average molecular weight is 321 g/mol. The number of likely N-dealkylation sites (tertiary alicyclic amines) is 1. The Morgan fingerprint density at radius 3 is 2.54 bits per heavy atom. The van der Waals surface area contributed by atoms with Crippen molar-refractivity contribution in [3.05, 3.63) is 71.3 Å². The van der Waals surface area contributed by atoms with Gasteiger partial charge in [-0.3, -0.25) is 4.90 Å². The molecule has 4 unspecified atom stereocenters. The summed E-state index contributed by atoms with van der Waals surface area (Å²) in [7, 11) is 0. The molecule has 0 bridgehead atoms. The third-order valence-electron chi connectivity index (χ3n) is 5.79. The van der Waals surface area contributed by atoms with Crippen LogP contribution in [0.15, 0.2) is 54.6 Å². The minimum absolute atomic E-state index is 0.177. The maximum absolute atomic E-state index is 6.32. The van der Waals surface area contributed by atoms with Gasteiger partial charge in [0.1, 0.15) is 0 Å². The van der Waals surface area contributed by atoms with Gasteiger partial charge in [-0.25, -0.2) is 0 Å². The van der Waals surface area contributed by atoms with Crippen LogP contribution in [0.4, 0.5) is 0 Å². The highest BCUT2D eigenvalue weighted by atomic mass is 15.2. The smallest absolute Gasteiger partial charge is 0.0344 e. The Balaban J connectivity index is 1.42. The summed E-state index contributed by atoms with van der Waals surface area (Å²) >= 11 is 0. The van der Waals surface area contributed by atoms with Crippen molar-refractivity contribution in [2.24, 2.45) is 5.73 Å². The SMILES string of the molecule is CC1C(NC2CC(N)c3ccccc32)CCN1Cc1ccccc1. The van der Waals surface area contributed by atoms with E-state index in [1.807, 2.05) is 0 Å². The molecule has 1 heterocycles. The molecule has 3 N–H and O–H groups in total. The van der Waals surface area contributed by atoms with Gasteiger partial charge in [-0.05, 0) is 36.5 Å². The molecular weight excluding hydrogens is 294 g/mol. The first kappa shape index (κ1) is 15.8. The van der Waals surface area contributed by atoms with Gasteiger partial charge in [0.15, 0.2) is 0 Å². The highest BCUT2D eigenvalue weighted by Gasteiger charge is 2.35. The number of nitrogens with two attached hydrogens (primary N) is 1. The Kier molecular flexibility index (Phi) is 4.40. The van der Waals surface area contributed by atoms with Crippen LogP contribution >= 0.6 is 0 Å². The zero-order valence-electron chi connectivity index (χ0n) is 14.4. The summed E-state index contributed by atoms with van der Waals surface area (Å²) in [5.41, 5.74) is 10.4. The van der Waals surface area contributed by atoms with Crippen molar-refractivity contribution in [2.75, 3.05) is 6.54 Å². The molecule has 0 amide bonds. The second-order valence-corrected chi connectivity index (χ2v) is 7.28. The van der Waals surface area contributed by atoms with Crippen molar-refractivity contribution in [3.63, 3.8) is 0 Å². The normalized spacial score (nSPS) is 29.8. The van der Waals surface area contributed by atoms with E-state index in [9.17, 15) is 0 Å². The lowest BCUT2D eigenvalue weighted by molar-refractivity contribution is 0.235. The van der Waals surface area contributed by atoms with E-state index in [0.29, 0.717) is 18.1 Å². The first-order valence-electron chi connectivity index (χ1n) is 9.11. The minimum Gasteiger partial charge on any atom is -0.324 e. The maximum atomic E-state index is 6.32. The molecule has 0 radical (unpaired) electrons. The van der Waals surface area contributed by atoms with Crippen molar-refractivity contribution in [1.29, 1.82) is 0 Å². The van der Waals surface area contributed by atoms with Crippen molar-refractivity contribution in [1.82, 2.24) is 10.2 Å². The number of nitrogens with one attached hydrogen (secondary N) is 1. The van der Waals surface area contributed by atoms with Gasteiger partial charge in [0, 0.05) is 37.3 Å². The van der Waals surface area contributed by atoms with Crippen LogP contribution in [-0.4, -0.2) is 23.5 Å². The third kappa shape index (κ3) is 3.00. The molecule has 0 aromatic heterocycles. The molecule has 3 nitrogen and oxygen atoms in total. The van der Waals surface area contributed by atoms with E-state index >= 15 is 0 Å². The molecule has 2 aromatic rings. The lowest BCUT2D eigenvalue weighted by Gasteiger charge is -2.27. The molecule has 1 aliphatic carbocycles. The molecule has 126 valence electrons. The summed E-state index contributed by atoms with van der Waals surface area (Å²) in [6, 6.07) is 21.1. The summed E-state index contributed by atoms with van der Waals surface area (Å²) in [4.78, 5) is 2.59.